The van der Waals surface area contributed by atoms with Gasteiger partial charge in [0.05, 0.1) is 23.6 Å². The second-order valence-electron chi connectivity index (χ2n) is 7.49. The molecule has 9 heteroatoms. The first-order valence-corrected chi connectivity index (χ1v) is 12.3. The van der Waals surface area contributed by atoms with Crippen molar-refractivity contribution in [2.24, 2.45) is 0 Å². The SMILES string of the molecule is CN(C)C(CNC(=O)c1cc2ccccc2cc1NS(=O)(=O)c1cccs1)c1ccco1. The van der Waals surface area contributed by atoms with Crippen LogP contribution in [0.15, 0.2) is 80.9 Å². The number of likely N-dealkylation sites (N-methyl/N-ethyl adjacent to an activating group) is 1. The smallest absolute Gasteiger partial charge is 0.271 e. The van der Waals surface area contributed by atoms with Gasteiger partial charge >= 0.3 is 0 Å². The zero-order valence-electron chi connectivity index (χ0n) is 17.6. The fraction of sp³-hybridized carbons (Fsp3) is 0.174. The van der Waals surface area contributed by atoms with Gasteiger partial charge < -0.3 is 9.73 Å². The van der Waals surface area contributed by atoms with Crippen molar-refractivity contribution in [3.05, 3.63) is 83.6 Å². The summed E-state index contributed by atoms with van der Waals surface area (Å²) in [5.41, 5.74) is 0.481. The van der Waals surface area contributed by atoms with Crippen LogP contribution in [0.25, 0.3) is 10.8 Å². The van der Waals surface area contributed by atoms with Crippen LogP contribution in [-0.2, 0) is 10.0 Å². The second kappa shape index (κ2) is 9.15. The summed E-state index contributed by atoms with van der Waals surface area (Å²) in [7, 11) is -0.0120. The lowest BCUT2D eigenvalue weighted by Gasteiger charge is -2.23. The van der Waals surface area contributed by atoms with Crippen molar-refractivity contribution < 1.29 is 17.6 Å². The van der Waals surface area contributed by atoms with E-state index < -0.39 is 10.0 Å². The molecular weight excluding hydrogens is 446 g/mol. The number of amides is 1. The minimum atomic E-state index is -3.81. The van der Waals surface area contributed by atoms with Crippen molar-refractivity contribution in [1.82, 2.24) is 10.2 Å². The van der Waals surface area contributed by atoms with Gasteiger partial charge in [0.15, 0.2) is 0 Å². The maximum Gasteiger partial charge on any atom is 0.271 e. The number of carbonyl (C=O) groups is 1. The number of sulfonamides is 1. The van der Waals surface area contributed by atoms with Crippen LogP contribution in [0.2, 0.25) is 0 Å². The molecule has 32 heavy (non-hydrogen) atoms. The molecule has 0 saturated carbocycles. The van der Waals surface area contributed by atoms with Crippen molar-refractivity contribution in [2.75, 3.05) is 25.4 Å². The Morgan fingerprint density at radius 2 is 1.81 bits per heavy atom. The highest BCUT2D eigenvalue weighted by molar-refractivity contribution is 7.94. The molecule has 2 heterocycles. The molecule has 1 atom stereocenters. The third-order valence-electron chi connectivity index (χ3n) is 5.09. The third kappa shape index (κ3) is 4.69. The predicted molar refractivity (Wildman–Crippen MR) is 127 cm³/mol. The lowest BCUT2D eigenvalue weighted by atomic mass is 10.0. The first-order chi connectivity index (χ1) is 15.3. The lowest BCUT2D eigenvalue weighted by molar-refractivity contribution is 0.0940. The predicted octanol–water partition coefficient (Wildman–Crippen LogP) is 4.33. The summed E-state index contributed by atoms with van der Waals surface area (Å²) >= 11 is 1.12. The fourth-order valence-electron chi connectivity index (χ4n) is 3.43. The van der Waals surface area contributed by atoms with E-state index in [0.717, 1.165) is 27.9 Å². The molecule has 1 amide bonds. The first-order valence-electron chi connectivity index (χ1n) is 9.92. The molecule has 0 fully saturated rings. The van der Waals surface area contributed by atoms with E-state index in [0.29, 0.717) is 6.54 Å². The van der Waals surface area contributed by atoms with Crippen LogP contribution in [-0.4, -0.2) is 39.9 Å². The van der Waals surface area contributed by atoms with Gasteiger partial charge in [-0.1, -0.05) is 30.3 Å². The van der Waals surface area contributed by atoms with E-state index in [4.69, 9.17) is 4.42 Å². The highest BCUT2D eigenvalue weighted by Gasteiger charge is 2.22. The van der Waals surface area contributed by atoms with E-state index >= 15 is 0 Å². The number of nitrogens with zero attached hydrogens (tertiary/aromatic N) is 1. The average molecular weight is 470 g/mol. The molecular formula is C23H23N3O4S2. The van der Waals surface area contributed by atoms with Gasteiger partial charge in [-0.2, -0.15) is 0 Å². The van der Waals surface area contributed by atoms with Crippen LogP contribution in [0.4, 0.5) is 5.69 Å². The van der Waals surface area contributed by atoms with Gasteiger partial charge in [-0.05, 0) is 60.6 Å². The van der Waals surface area contributed by atoms with Gasteiger partial charge in [0.25, 0.3) is 15.9 Å². The van der Waals surface area contributed by atoms with Gasteiger partial charge in [-0.25, -0.2) is 8.42 Å². The molecule has 0 radical (unpaired) electrons. The quantitative estimate of drug-likeness (QED) is 0.401. The standard InChI is InChI=1S/C23H23N3O4S2/c1-26(2)20(21-9-5-11-30-21)15-24-23(27)18-13-16-7-3-4-8-17(16)14-19(18)25-32(28,29)22-10-6-12-31-22/h3-14,20,25H,15H2,1-2H3,(H,24,27). The minimum absolute atomic E-state index is 0.166. The summed E-state index contributed by atoms with van der Waals surface area (Å²) in [6.07, 6.45) is 1.59. The van der Waals surface area contributed by atoms with E-state index in [2.05, 4.69) is 10.0 Å². The number of hydrogen-bond acceptors (Lipinski definition) is 6. The van der Waals surface area contributed by atoms with Gasteiger partial charge in [0.1, 0.15) is 9.97 Å². The molecule has 0 aliphatic carbocycles. The van der Waals surface area contributed by atoms with Gasteiger partial charge in [0, 0.05) is 6.54 Å². The monoisotopic (exact) mass is 469 g/mol. The Bertz CT molecular complexity index is 1310. The molecule has 2 aromatic heterocycles. The molecule has 0 aliphatic heterocycles. The Hall–Kier alpha value is -3.14. The molecule has 4 rings (SSSR count). The van der Waals surface area contributed by atoms with Gasteiger partial charge in [0.2, 0.25) is 0 Å². The topological polar surface area (TPSA) is 91.7 Å². The summed E-state index contributed by atoms with van der Waals surface area (Å²) < 4.78 is 33.9. The van der Waals surface area contributed by atoms with Crippen molar-refractivity contribution in [3.63, 3.8) is 0 Å². The van der Waals surface area contributed by atoms with E-state index in [1.807, 2.05) is 49.3 Å². The molecule has 2 N–H and O–H groups in total. The number of carbonyl (C=O) groups excluding carboxylic acids is 1. The van der Waals surface area contributed by atoms with Crippen LogP contribution in [0, 0.1) is 0 Å². The summed E-state index contributed by atoms with van der Waals surface area (Å²) in [5.74, 6) is 0.352. The molecule has 0 bridgehead atoms. The second-order valence-corrected chi connectivity index (χ2v) is 10.3. The maximum absolute atomic E-state index is 13.2. The number of hydrogen-bond donors (Lipinski definition) is 2. The van der Waals surface area contributed by atoms with Crippen molar-refractivity contribution >= 4 is 43.7 Å². The van der Waals surface area contributed by atoms with E-state index in [9.17, 15) is 13.2 Å². The Morgan fingerprint density at radius 3 is 2.44 bits per heavy atom. The first kappa shape index (κ1) is 22.1. The van der Waals surface area contributed by atoms with E-state index in [1.54, 1.807) is 35.9 Å². The zero-order chi connectivity index (χ0) is 22.7. The summed E-state index contributed by atoms with van der Waals surface area (Å²) in [6.45, 7) is 0.295. The molecule has 4 aromatic rings. The molecule has 2 aromatic carbocycles. The molecule has 0 aliphatic rings. The highest BCUT2D eigenvalue weighted by Crippen LogP contribution is 2.28. The molecule has 166 valence electrons. The van der Waals surface area contributed by atoms with Crippen LogP contribution < -0.4 is 10.0 Å². The Morgan fingerprint density at radius 1 is 1.06 bits per heavy atom. The summed E-state index contributed by atoms with van der Waals surface area (Å²) in [5, 5.41) is 6.28. The fourth-order valence-corrected chi connectivity index (χ4v) is 5.49. The normalized spacial score (nSPS) is 12.7. The van der Waals surface area contributed by atoms with Crippen LogP contribution in [0.1, 0.15) is 22.2 Å². The Balaban J connectivity index is 1.65. The van der Waals surface area contributed by atoms with Crippen LogP contribution in [0.3, 0.4) is 0 Å². The van der Waals surface area contributed by atoms with E-state index in [1.165, 1.54) is 6.07 Å². The van der Waals surface area contributed by atoms with Crippen LogP contribution in [0.5, 0.6) is 0 Å². The summed E-state index contributed by atoms with van der Waals surface area (Å²) in [4.78, 5) is 15.1. The number of nitrogens with one attached hydrogen (secondary N) is 2. The van der Waals surface area contributed by atoms with Crippen molar-refractivity contribution in [2.45, 2.75) is 10.3 Å². The largest absolute Gasteiger partial charge is 0.468 e. The molecule has 0 saturated heterocycles. The molecule has 0 spiro atoms. The number of benzene rings is 2. The zero-order valence-corrected chi connectivity index (χ0v) is 19.2. The minimum Gasteiger partial charge on any atom is -0.468 e. The van der Waals surface area contributed by atoms with Gasteiger partial charge in [-0.15, -0.1) is 11.3 Å². The lowest BCUT2D eigenvalue weighted by Crippen LogP contribution is -2.34. The number of thiophene rings is 1. The van der Waals surface area contributed by atoms with Crippen molar-refractivity contribution in [1.29, 1.82) is 0 Å². The number of rotatable bonds is 8. The molecule has 7 nitrogen and oxygen atoms in total. The third-order valence-corrected chi connectivity index (χ3v) is 7.85. The van der Waals surface area contributed by atoms with E-state index in [-0.39, 0.29) is 27.4 Å². The van der Waals surface area contributed by atoms with Crippen LogP contribution >= 0.6 is 11.3 Å². The maximum atomic E-state index is 13.2. The van der Waals surface area contributed by atoms with Gasteiger partial charge in [-0.3, -0.25) is 14.4 Å². The number of furan rings is 1. The highest BCUT2D eigenvalue weighted by atomic mass is 32.2. The summed E-state index contributed by atoms with van der Waals surface area (Å²) in [6, 6.07) is 17.6. The van der Waals surface area contributed by atoms with Crippen molar-refractivity contribution in [3.8, 4) is 0 Å². The molecule has 1 unspecified atom stereocenters. The average Bonchev–Trinajstić information content (AvgIpc) is 3.47. The Labute approximate surface area is 190 Å². The number of anilines is 1. The number of fused-ring (bicyclic) bond motifs is 1. The Kier molecular flexibility index (Phi) is 6.31.